The van der Waals surface area contributed by atoms with Crippen LogP contribution < -0.4 is 5.32 Å². The summed E-state index contributed by atoms with van der Waals surface area (Å²) in [6.45, 7) is 8.53. The molecule has 0 aromatic heterocycles. The van der Waals surface area contributed by atoms with Gasteiger partial charge in [-0.05, 0) is 44.0 Å². The van der Waals surface area contributed by atoms with Crippen molar-refractivity contribution in [3.8, 4) is 0 Å². The van der Waals surface area contributed by atoms with Gasteiger partial charge in [0.05, 0.1) is 0 Å². The number of hydrogen-bond donors (Lipinski definition) is 1. The number of amidine groups is 1. The minimum absolute atomic E-state index is 0. The van der Waals surface area contributed by atoms with Crippen LogP contribution in [0, 0.1) is 0 Å². The molecule has 0 heterocycles. The number of benzene rings is 2. The first kappa shape index (κ1) is 17.5. The van der Waals surface area contributed by atoms with E-state index < -0.39 is 0 Å². The van der Waals surface area contributed by atoms with Crippen LogP contribution >= 0.6 is 12.4 Å². The number of nitrogens with one attached hydrogen (secondary N) is 1. The Hall–Kier alpha value is -1.54. The Morgan fingerprint density at radius 3 is 2.29 bits per heavy atom. The Morgan fingerprint density at radius 2 is 1.67 bits per heavy atom. The predicted molar refractivity (Wildman–Crippen MR) is 95.7 cm³/mol. The van der Waals surface area contributed by atoms with Gasteiger partial charge in [0.1, 0.15) is 5.84 Å². The van der Waals surface area contributed by atoms with Gasteiger partial charge in [-0.3, -0.25) is 4.99 Å². The second-order valence-electron chi connectivity index (χ2n) is 5.83. The lowest BCUT2D eigenvalue weighted by molar-refractivity contribution is 0.709. The lowest BCUT2D eigenvalue weighted by Crippen LogP contribution is -2.32. The minimum Gasteiger partial charge on any atom is -0.371 e. The second-order valence-corrected chi connectivity index (χ2v) is 5.83. The van der Waals surface area contributed by atoms with Crippen molar-refractivity contribution in [2.45, 2.75) is 46.2 Å². The van der Waals surface area contributed by atoms with Crippen molar-refractivity contribution in [3.63, 3.8) is 0 Å². The number of rotatable bonds is 4. The SMILES string of the molecule is CC(C)N=C(Cc1ccc2ccccc2c1)NC(C)C.Cl. The van der Waals surface area contributed by atoms with Crippen LogP contribution in [-0.4, -0.2) is 17.9 Å². The quantitative estimate of drug-likeness (QED) is 0.647. The van der Waals surface area contributed by atoms with Crippen LogP contribution in [0.4, 0.5) is 0 Å². The molecule has 3 heteroatoms. The molecule has 21 heavy (non-hydrogen) atoms. The Balaban J connectivity index is 0.00000220. The van der Waals surface area contributed by atoms with E-state index in [1.165, 1.54) is 16.3 Å². The summed E-state index contributed by atoms with van der Waals surface area (Å²) in [6, 6.07) is 15.8. The molecule has 0 bridgehead atoms. The van der Waals surface area contributed by atoms with Crippen LogP contribution in [0.3, 0.4) is 0 Å². The molecule has 114 valence electrons. The fourth-order valence-corrected chi connectivity index (χ4v) is 2.32. The summed E-state index contributed by atoms with van der Waals surface area (Å²) in [7, 11) is 0. The van der Waals surface area contributed by atoms with Crippen molar-refractivity contribution < 1.29 is 0 Å². The van der Waals surface area contributed by atoms with Crippen LogP contribution in [0.15, 0.2) is 47.5 Å². The van der Waals surface area contributed by atoms with Crippen LogP contribution in [-0.2, 0) is 6.42 Å². The fourth-order valence-electron chi connectivity index (χ4n) is 2.32. The summed E-state index contributed by atoms with van der Waals surface area (Å²) in [5.74, 6) is 1.07. The van der Waals surface area contributed by atoms with Crippen molar-refractivity contribution >= 4 is 29.0 Å². The molecular formula is C18H25ClN2. The van der Waals surface area contributed by atoms with Crippen molar-refractivity contribution in [3.05, 3.63) is 48.0 Å². The van der Waals surface area contributed by atoms with Crippen LogP contribution in [0.5, 0.6) is 0 Å². The Kier molecular flexibility index (Phi) is 6.70. The van der Waals surface area contributed by atoms with Crippen LogP contribution in [0.1, 0.15) is 33.3 Å². The molecular weight excluding hydrogens is 280 g/mol. The lowest BCUT2D eigenvalue weighted by Gasteiger charge is -2.15. The maximum atomic E-state index is 4.70. The first-order valence-electron chi connectivity index (χ1n) is 7.35. The van der Waals surface area contributed by atoms with E-state index in [-0.39, 0.29) is 12.4 Å². The molecule has 0 saturated carbocycles. The molecule has 0 aliphatic carbocycles. The summed E-state index contributed by atoms with van der Waals surface area (Å²) in [5, 5.41) is 6.04. The molecule has 0 fully saturated rings. The van der Waals surface area contributed by atoms with Gasteiger partial charge >= 0.3 is 0 Å². The van der Waals surface area contributed by atoms with Crippen molar-refractivity contribution in [1.82, 2.24) is 5.32 Å². The van der Waals surface area contributed by atoms with Gasteiger partial charge in [0.2, 0.25) is 0 Å². The third-order valence-corrected chi connectivity index (χ3v) is 3.05. The highest BCUT2D eigenvalue weighted by Gasteiger charge is 2.05. The van der Waals surface area contributed by atoms with E-state index in [2.05, 4.69) is 75.5 Å². The third-order valence-electron chi connectivity index (χ3n) is 3.05. The Morgan fingerprint density at radius 1 is 1.00 bits per heavy atom. The average Bonchev–Trinajstić information content (AvgIpc) is 2.37. The molecule has 0 spiro atoms. The first-order chi connectivity index (χ1) is 9.54. The molecule has 0 radical (unpaired) electrons. The zero-order valence-electron chi connectivity index (χ0n) is 13.3. The zero-order valence-corrected chi connectivity index (χ0v) is 14.1. The largest absolute Gasteiger partial charge is 0.371 e. The van der Waals surface area contributed by atoms with E-state index in [9.17, 15) is 0 Å². The first-order valence-corrected chi connectivity index (χ1v) is 7.35. The summed E-state index contributed by atoms with van der Waals surface area (Å²) < 4.78 is 0. The van der Waals surface area contributed by atoms with E-state index >= 15 is 0 Å². The predicted octanol–water partition coefficient (Wildman–Crippen LogP) is 4.61. The van der Waals surface area contributed by atoms with Gasteiger partial charge in [-0.1, -0.05) is 42.5 Å². The van der Waals surface area contributed by atoms with E-state index in [4.69, 9.17) is 4.99 Å². The maximum absolute atomic E-state index is 4.70. The van der Waals surface area contributed by atoms with E-state index in [1.807, 2.05) is 0 Å². The molecule has 0 atom stereocenters. The maximum Gasteiger partial charge on any atom is 0.101 e. The third kappa shape index (κ3) is 5.39. The molecule has 2 aromatic carbocycles. The van der Waals surface area contributed by atoms with Gasteiger partial charge < -0.3 is 5.32 Å². The van der Waals surface area contributed by atoms with Crippen LogP contribution in [0.25, 0.3) is 10.8 Å². The van der Waals surface area contributed by atoms with Crippen molar-refractivity contribution in [1.29, 1.82) is 0 Å². The number of halogens is 1. The molecule has 0 aliphatic rings. The molecule has 0 unspecified atom stereocenters. The number of aliphatic imine (C=N–C) groups is 1. The second kappa shape index (κ2) is 8.04. The van der Waals surface area contributed by atoms with E-state index in [0.29, 0.717) is 12.1 Å². The standard InChI is InChI=1S/C18H24N2.ClH/c1-13(2)19-18(20-14(3)4)12-15-9-10-16-7-5-6-8-17(16)11-15;/h5-11,13-14H,12H2,1-4H3,(H,19,20);1H. The fraction of sp³-hybridized carbons (Fsp3) is 0.389. The van der Waals surface area contributed by atoms with E-state index in [0.717, 1.165) is 12.3 Å². The zero-order chi connectivity index (χ0) is 14.5. The number of nitrogens with zero attached hydrogens (tertiary/aromatic N) is 1. The minimum atomic E-state index is 0. The van der Waals surface area contributed by atoms with Crippen molar-refractivity contribution in [2.24, 2.45) is 4.99 Å². The lowest BCUT2D eigenvalue weighted by atomic mass is 10.0. The Labute approximate surface area is 134 Å². The number of hydrogen-bond acceptors (Lipinski definition) is 1. The highest BCUT2D eigenvalue weighted by Crippen LogP contribution is 2.16. The van der Waals surface area contributed by atoms with Gasteiger partial charge in [-0.25, -0.2) is 0 Å². The molecule has 1 N–H and O–H groups in total. The molecule has 0 amide bonds. The molecule has 2 rings (SSSR count). The van der Waals surface area contributed by atoms with Crippen LogP contribution in [0.2, 0.25) is 0 Å². The monoisotopic (exact) mass is 304 g/mol. The number of fused-ring (bicyclic) bond motifs is 1. The summed E-state index contributed by atoms with van der Waals surface area (Å²) >= 11 is 0. The van der Waals surface area contributed by atoms with Gasteiger partial charge in [-0.15, -0.1) is 12.4 Å². The smallest absolute Gasteiger partial charge is 0.101 e. The normalized spacial score (nSPS) is 11.8. The Bertz CT molecular complexity index is 603. The van der Waals surface area contributed by atoms with Gasteiger partial charge in [0.25, 0.3) is 0 Å². The van der Waals surface area contributed by atoms with Gasteiger partial charge in [0.15, 0.2) is 0 Å². The van der Waals surface area contributed by atoms with E-state index in [1.54, 1.807) is 0 Å². The summed E-state index contributed by atoms with van der Waals surface area (Å²) in [6.07, 6.45) is 0.862. The highest BCUT2D eigenvalue weighted by atomic mass is 35.5. The van der Waals surface area contributed by atoms with Gasteiger partial charge in [0, 0.05) is 18.5 Å². The molecule has 0 aliphatic heterocycles. The topological polar surface area (TPSA) is 24.4 Å². The van der Waals surface area contributed by atoms with Crippen molar-refractivity contribution in [2.75, 3.05) is 0 Å². The summed E-state index contributed by atoms with van der Waals surface area (Å²) in [4.78, 5) is 4.70. The van der Waals surface area contributed by atoms with Gasteiger partial charge in [-0.2, -0.15) is 0 Å². The average molecular weight is 305 g/mol. The highest BCUT2D eigenvalue weighted by molar-refractivity contribution is 5.88. The molecule has 0 saturated heterocycles. The molecule has 2 aromatic rings. The molecule has 2 nitrogen and oxygen atoms in total. The summed E-state index contributed by atoms with van der Waals surface area (Å²) in [5.41, 5.74) is 1.30.